The Hall–Kier alpha value is -0.610. The van der Waals surface area contributed by atoms with Gasteiger partial charge in [-0.1, -0.05) is 13.3 Å². The third kappa shape index (κ3) is 2.73. The van der Waals surface area contributed by atoms with E-state index in [1.165, 1.54) is 32.4 Å². The van der Waals surface area contributed by atoms with Gasteiger partial charge in [-0.25, -0.2) is 0 Å². The fraction of sp³-hybridized carbons (Fsp3) is 0.938. The van der Waals surface area contributed by atoms with Crippen LogP contribution in [0.15, 0.2) is 0 Å². The molecule has 0 spiro atoms. The molecule has 0 atom stereocenters. The van der Waals surface area contributed by atoms with E-state index in [4.69, 9.17) is 0 Å². The van der Waals surface area contributed by atoms with Gasteiger partial charge in [0.2, 0.25) is 5.91 Å². The average Bonchev–Trinajstić information content (AvgIpc) is 2.32. The quantitative estimate of drug-likeness (QED) is 0.778. The van der Waals surface area contributed by atoms with Gasteiger partial charge < -0.3 is 9.80 Å². The van der Waals surface area contributed by atoms with Gasteiger partial charge in [-0.05, 0) is 52.4 Å². The van der Waals surface area contributed by atoms with Crippen LogP contribution in [0.2, 0.25) is 0 Å². The second-order valence-electron chi connectivity index (χ2n) is 6.89. The first-order valence-electron chi connectivity index (χ1n) is 8.42. The van der Waals surface area contributed by atoms with E-state index in [0.29, 0.717) is 17.9 Å². The van der Waals surface area contributed by atoms with E-state index in [1.54, 1.807) is 0 Å². The minimum absolute atomic E-state index is 0.370. The van der Waals surface area contributed by atoms with Gasteiger partial charge in [0, 0.05) is 31.1 Å². The summed E-state index contributed by atoms with van der Waals surface area (Å²) in [5.74, 6) is 0.807. The van der Waals surface area contributed by atoms with Crippen molar-refractivity contribution in [2.75, 3.05) is 39.8 Å². The molecule has 0 bridgehead atoms. The predicted molar refractivity (Wildman–Crippen MR) is 80.6 cm³/mol. The van der Waals surface area contributed by atoms with Gasteiger partial charge in [0.1, 0.15) is 0 Å². The lowest BCUT2D eigenvalue weighted by atomic mass is 9.83. The summed E-state index contributed by atoms with van der Waals surface area (Å²) < 4.78 is 0. The maximum Gasteiger partial charge on any atom is 0.225 e. The lowest BCUT2D eigenvalue weighted by Crippen LogP contribution is -2.64. The van der Waals surface area contributed by atoms with Crippen LogP contribution >= 0.6 is 0 Å². The summed E-state index contributed by atoms with van der Waals surface area (Å²) in [6, 6.07) is 1.36. The Kier molecular flexibility index (Phi) is 4.32. The molecule has 4 heteroatoms. The molecule has 3 rings (SSSR count). The minimum Gasteiger partial charge on any atom is -0.339 e. The Labute approximate surface area is 123 Å². The van der Waals surface area contributed by atoms with Crippen LogP contribution < -0.4 is 0 Å². The SMILES string of the molecule is CCN(C1CCN(C)CC1)C1CN(C(=O)C2CCC2)C1. The second kappa shape index (κ2) is 6.02. The summed E-state index contributed by atoms with van der Waals surface area (Å²) in [4.78, 5) is 19.4. The number of likely N-dealkylation sites (N-methyl/N-ethyl adjacent to an activating group) is 1. The molecule has 20 heavy (non-hydrogen) atoms. The van der Waals surface area contributed by atoms with Crippen molar-refractivity contribution in [1.29, 1.82) is 0 Å². The first-order valence-corrected chi connectivity index (χ1v) is 8.42. The molecular weight excluding hydrogens is 250 g/mol. The Morgan fingerprint density at radius 2 is 1.75 bits per heavy atom. The maximum absolute atomic E-state index is 12.2. The molecule has 1 saturated carbocycles. The number of amides is 1. The van der Waals surface area contributed by atoms with Crippen LogP contribution in [-0.2, 0) is 4.79 Å². The van der Waals surface area contributed by atoms with Gasteiger partial charge in [-0.2, -0.15) is 0 Å². The Bertz CT molecular complexity index is 342. The molecule has 2 heterocycles. The van der Waals surface area contributed by atoms with Gasteiger partial charge >= 0.3 is 0 Å². The molecule has 0 aromatic carbocycles. The van der Waals surface area contributed by atoms with Crippen molar-refractivity contribution in [2.45, 2.75) is 51.1 Å². The number of nitrogens with zero attached hydrogens (tertiary/aromatic N) is 3. The smallest absolute Gasteiger partial charge is 0.225 e. The van der Waals surface area contributed by atoms with Crippen molar-refractivity contribution >= 4 is 5.91 Å². The van der Waals surface area contributed by atoms with Crippen molar-refractivity contribution in [1.82, 2.24) is 14.7 Å². The minimum atomic E-state index is 0.370. The van der Waals surface area contributed by atoms with Crippen molar-refractivity contribution in [3.05, 3.63) is 0 Å². The van der Waals surface area contributed by atoms with Crippen LogP contribution in [0.5, 0.6) is 0 Å². The Morgan fingerprint density at radius 1 is 1.10 bits per heavy atom. The third-order valence-corrected chi connectivity index (χ3v) is 5.62. The number of hydrogen-bond donors (Lipinski definition) is 0. The summed E-state index contributed by atoms with van der Waals surface area (Å²) in [7, 11) is 2.22. The zero-order chi connectivity index (χ0) is 14.1. The Balaban J connectivity index is 1.48. The number of carbonyl (C=O) groups excluding carboxylic acids is 1. The standard InChI is InChI=1S/C16H29N3O/c1-3-19(14-7-9-17(2)10-8-14)15-11-18(12-15)16(20)13-5-4-6-13/h13-15H,3-12H2,1-2H3. The van der Waals surface area contributed by atoms with Crippen molar-refractivity contribution < 1.29 is 4.79 Å². The summed E-state index contributed by atoms with van der Waals surface area (Å²) in [5.41, 5.74) is 0. The highest BCUT2D eigenvalue weighted by molar-refractivity contribution is 5.80. The van der Waals surface area contributed by atoms with Gasteiger partial charge in [0.05, 0.1) is 0 Å². The van der Waals surface area contributed by atoms with Crippen molar-refractivity contribution in [2.24, 2.45) is 5.92 Å². The lowest BCUT2D eigenvalue weighted by molar-refractivity contribution is -0.146. The van der Waals surface area contributed by atoms with E-state index in [0.717, 1.165) is 38.5 Å². The highest BCUT2D eigenvalue weighted by atomic mass is 16.2. The number of rotatable bonds is 4. The van der Waals surface area contributed by atoms with Gasteiger partial charge in [-0.3, -0.25) is 9.69 Å². The maximum atomic E-state index is 12.2. The van der Waals surface area contributed by atoms with Gasteiger partial charge in [0.25, 0.3) is 0 Å². The zero-order valence-corrected chi connectivity index (χ0v) is 13.1. The number of hydrogen-bond acceptors (Lipinski definition) is 3. The number of carbonyl (C=O) groups is 1. The highest BCUT2D eigenvalue weighted by Gasteiger charge is 2.40. The first-order chi connectivity index (χ1) is 9.69. The molecule has 2 aliphatic heterocycles. The number of likely N-dealkylation sites (tertiary alicyclic amines) is 2. The first kappa shape index (κ1) is 14.3. The topological polar surface area (TPSA) is 26.8 Å². The monoisotopic (exact) mass is 279 g/mol. The van der Waals surface area contributed by atoms with Gasteiger partial charge in [-0.15, -0.1) is 0 Å². The normalized spacial score (nSPS) is 26.6. The van der Waals surface area contributed by atoms with Crippen LogP contribution in [0, 0.1) is 5.92 Å². The third-order valence-electron chi connectivity index (χ3n) is 5.62. The second-order valence-corrected chi connectivity index (χ2v) is 6.89. The molecule has 0 aromatic heterocycles. The van der Waals surface area contributed by atoms with Crippen LogP contribution in [0.4, 0.5) is 0 Å². The van der Waals surface area contributed by atoms with E-state index in [-0.39, 0.29) is 0 Å². The van der Waals surface area contributed by atoms with Crippen LogP contribution in [0.3, 0.4) is 0 Å². The highest BCUT2D eigenvalue weighted by Crippen LogP contribution is 2.31. The molecule has 0 unspecified atom stereocenters. The van der Waals surface area contributed by atoms with Crippen molar-refractivity contribution in [3.8, 4) is 0 Å². The predicted octanol–water partition coefficient (Wildman–Crippen LogP) is 1.41. The van der Waals surface area contributed by atoms with Crippen LogP contribution in [0.1, 0.15) is 39.0 Å². The number of piperidine rings is 1. The molecule has 2 saturated heterocycles. The summed E-state index contributed by atoms with van der Waals surface area (Å²) in [6.07, 6.45) is 6.10. The van der Waals surface area contributed by atoms with E-state index < -0.39 is 0 Å². The molecular formula is C16H29N3O. The van der Waals surface area contributed by atoms with E-state index in [9.17, 15) is 4.79 Å². The molecule has 1 amide bonds. The van der Waals surface area contributed by atoms with E-state index in [1.807, 2.05) is 0 Å². The van der Waals surface area contributed by atoms with Crippen LogP contribution in [-0.4, -0.2) is 72.5 Å². The fourth-order valence-electron chi connectivity index (χ4n) is 3.90. The summed E-state index contributed by atoms with van der Waals surface area (Å²) >= 11 is 0. The zero-order valence-electron chi connectivity index (χ0n) is 13.1. The average molecular weight is 279 g/mol. The van der Waals surface area contributed by atoms with E-state index >= 15 is 0 Å². The lowest BCUT2D eigenvalue weighted by Gasteiger charge is -2.50. The van der Waals surface area contributed by atoms with Crippen LogP contribution in [0.25, 0.3) is 0 Å². The fourth-order valence-corrected chi connectivity index (χ4v) is 3.90. The summed E-state index contributed by atoms with van der Waals surface area (Å²) in [6.45, 7) is 7.81. The molecule has 0 radical (unpaired) electrons. The molecule has 114 valence electrons. The molecule has 3 aliphatic rings. The van der Waals surface area contributed by atoms with Crippen molar-refractivity contribution in [3.63, 3.8) is 0 Å². The molecule has 1 aliphatic carbocycles. The largest absolute Gasteiger partial charge is 0.339 e. The van der Waals surface area contributed by atoms with Gasteiger partial charge in [0.15, 0.2) is 0 Å². The molecule has 3 fully saturated rings. The molecule has 0 aromatic rings. The summed E-state index contributed by atoms with van der Waals surface area (Å²) in [5, 5.41) is 0. The Morgan fingerprint density at radius 3 is 2.25 bits per heavy atom. The van der Waals surface area contributed by atoms with E-state index in [2.05, 4.69) is 28.7 Å². The molecule has 4 nitrogen and oxygen atoms in total. The molecule has 0 N–H and O–H groups in total.